The fraction of sp³-hybridized carbons (Fsp3) is 0.217. The van der Waals surface area contributed by atoms with Crippen molar-refractivity contribution in [1.29, 1.82) is 0 Å². The minimum Gasteiger partial charge on any atom is -0.352 e. The van der Waals surface area contributed by atoms with E-state index in [0.29, 0.717) is 18.7 Å². The topological polar surface area (TPSA) is 49.4 Å². The number of hydrogen-bond donors (Lipinski definition) is 1. The van der Waals surface area contributed by atoms with Crippen LogP contribution < -0.4 is 5.32 Å². The smallest absolute Gasteiger partial charge is 0.251 e. The number of fused-ring (bicyclic) bond motifs is 1. The highest BCUT2D eigenvalue weighted by Crippen LogP contribution is 2.16. The summed E-state index contributed by atoms with van der Waals surface area (Å²) in [5.74, 6) is -0.142. The van der Waals surface area contributed by atoms with Gasteiger partial charge in [0.1, 0.15) is 0 Å². The van der Waals surface area contributed by atoms with Crippen LogP contribution in [0.25, 0.3) is 10.8 Å². The van der Waals surface area contributed by atoms with Gasteiger partial charge in [-0.2, -0.15) is 0 Å². The fourth-order valence-corrected chi connectivity index (χ4v) is 3.06. The number of carbonyl (C=O) groups excluding carboxylic acids is 2. The van der Waals surface area contributed by atoms with E-state index < -0.39 is 0 Å². The molecule has 0 aliphatic heterocycles. The Morgan fingerprint density at radius 2 is 1.70 bits per heavy atom. The number of aryl methyl sites for hydroxylation is 1. The largest absolute Gasteiger partial charge is 0.352 e. The third-order valence-electron chi connectivity index (χ3n) is 4.56. The molecule has 0 saturated heterocycles. The second-order valence-electron chi connectivity index (χ2n) is 6.81. The Hall–Kier alpha value is -3.14. The molecule has 0 aliphatic carbocycles. The molecule has 0 heterocycles. The zero-order chi connectivity index (χ0) is 19.2. The Bertz CT molecular complexity index is 965. The number of nitrogens with zero attached hydrogens (tertiary/aromatic N) is 1. The quantitative estimate of drug-likeness (QED) is 0.724. The maximum absolute atomic E-state index is 12.4. The van der Waals surface area contributed by atoms with Gasteiger partial charge in [0.15, 0.2) is 0 Å². The minimum atomic E-state index is -0.149. The number of rotatable bonds is 6. The van der Waals surface area contributed by atoms with E-state index in [1.54, 1.807) is 18.0 Å². The van der Waals surface area contributed by atoms with Gasteiger partial charge in [-0.3, -0.25) is 9.59 Å². The molecule has 0 unspecified atom stereocenters. The molecular weight excluding hydrogens is 336 g/mol. The minimum absolute atomic E-state index is 0.00713. The fourth-order valence-electron chi connectivity index (χ4n) is 3.06. The maximum atomic E-state index is 12.4. The molecule has 0 radical (unpaired) electrons. The van der Waals surface area contributed by atoms with Crippen molar-refractivity contribution in [3.8, 4) is 0 Å². The Morgan fingerprint density at radius 1 is 0.926 bits per heavy atom. The number of nitrogens with one attached hydrogen (secondary N) is 1. The highest BCUT2D eigenvalue weighted by Gasteiger charge is 2.11. The standard InChI is InChI=1S/C23H24N2O2/c1-17-6-5-9-21(14-17)23(27)24-13-12-22(26)25(2)16-18-10-11-19-7-3-4-8-20(19)15-18/h3-11,14-15H,12-13,16H2,1-2H3,(H,24,27). The van der Waals surface area contributed by atoms with E-state index in [4.69, 9.17) is 0 Å². The van der Waals surface area contributed by atoms with Crippen molar-refractivity contribution in [2.24, 2.45) is 0 Å². The molecule has 2 amide bonds. The summed E-state index contributed by atoms with van der Waals surface area (Å²) >= 11 is 0. The summed E-state index contributed by atoms with van der Waals surface area (Å²) in [6, 6.07) is 21.8. The zero-order valence-corrected chi connectivity index (χ0v) is 15.7. The van der Waals surface area contributed by atoms with E-state index in [1.165, 1.54) is 10.8 Å². The van der Waals surface area contributed by atoms with Gasteiger partial charge in [0.05, 0.1) is 0 Å². The molecule has 0 fully saturated rings. The van der Waals surface area contributed by atoms with Crippen molar-refractivity contribution < 1.29 is 9.59 Å². The lowest BCUT2D eigenvalue weighted by molar-refractivity contribution is -0.130. The summed E-state index contributed by atoms with van der Waals surface area (Å²) in [5.41, 5.74) is 2.74. The van der Waals surface area contributed by atoms with Crippen molar-refractivity contribution in [2.75, 3.05) is 13.6 Å². The summed E-state index contributed by atoms with van der Waals surface area (Å²) in [6.07, 6.45) is 0.279. The molecule has 3 aromatic carbocycles. The van der Waals surface area contributed by atoms with E-state index >= 15 is 0 Å². The molecule has 27 heavy (non-hydrogen) atoms. The Balaban J connectivity index is 1.50. The van der Waals surface area contributed by atoms with Crippen LogP contribution in [0.4, 0.5) is 0 Å². The van der Waals surface area contributed by atoms with Crippen LogP contribution in [0.5, 0.6) is 0 Å². The average molecular weight is 360 g/mol. The third-order valence-corrected chi connectivity index (χ3v) is 4.56. The van der Waals surface area contributed by atoms with Crippen molar-refractivity contribution in [1.82, 2.24) is 10.2 Å². The van der Waals surface area contributed by atoms with E-state index in [1.807, 2.05) is 43.3 Å². The molecule has 0 spiro atoms. The first kappa shape index (κ1) is 18.6. The van der Waals surface area contributed by atoms with Crippen LogP contribution in [0.2, 0.25) is 0 Å². The third kappa shape index (κ3) is 4.94. The van der Waals surface area contributed by atoms with E-state index in [2.05, 4.69) is 29.6 Å². The molecule has 1 N–H and O–H groups in total. The Morgan fingerprint density at radius 3 is 2.48 bits per heavy atom. The maximum Gasteiger partial charge on any atom is 0.251 e. The van der Waals surface area contributed by atoms with Crippen LogP contribution >= 0.6 is 0 Å². The van der Waals surface area contributed by atoms with Crippen LogP contribution in [-0.4, -0.2) is 30.3 Å². The van der Waals surface area contributed by atoms with Gasteiger partial charge >= 0.3 is 0 Å². The summed E-state index contributed by atoms with van der Waals surface area (Å²) in [7, 11) is 1.79. The molecular formula is C23H24N2O2. The van der Waals surface area contributed by atoms with E-state index in [9.17, 15) is 9.59 Å². The molecule has 3 rings (SSSR count). The van der Waals surface area contributed by atoms with Gasteiger partial charge in [0.25, 0.3) is 5.91 Å². The number of benzene rings is 3. The Kier molecular flexibility index (Phi) is 5.87. The van der Waals surface area contributed by atoms with E-state index in [0.717, 1.165) is 11.1 Å². The van der Waals surface area contributed by atoms with Crippen molar-refractivity contribution >= 4 is 22.6 Å². The predicted molar refractivity (Wildman–Crippen MR) is 109 cm³/mol. The van der Waals surface area contributed by atoms with Crippen LogP contribution in [-0.2, 0) is 11.3 Å². The monoisotopic (exact) mass is 360 g/mol. The normalized spacial score (nSPS) is 10.6. The SMILES string of the molecule is Cc1cccc(C(=O)NCCC(=O)N(C)Cc2ccc3ccccc3c2)c1. The van der Waals surface area contributed by atoms with Crippen molar-refractivity contribution in [3.05, 3.63) is 83.4 Å². The number of hydrogen-bond acceptors (Lipinski definition) is 2. The lowest BCUT2D eigenvalue weighted by atomic mass is 10.1. The average Bonchev–Trinajstić information content (AvgIpc) is 2.67. The van der Waals surface area contributed by atoms with Gasteiger partial charge in [-0.05, 0) is 41.5 Å². The molecule has 0 saturated carbocycles. The Labute approximate surface area is 159 Å². The molecule has 0 bridgehead atoms. The molecule has 4 heteroatoms. The van der Waals surface area contributed by atoms with Crippen LogP contribution in [0, 0.1) is 6.92 Å². The lowest BCUT2D eigenvalue weighted by Crippen LogP contribution is -2.31. The summed E-state index contributed by atoms with van der Waals surface area (Å²) in [6.45, 7) is 2.82. The number of carbonyl (C=O) groups is 2. The van der Waals surface area contributed by atoms with Gasteiger partial charge < -0.3 is 10.2 Å². The highest BCUT2D eigenvalue weighted by molar-refractivity contribution is 5.94. The van der Waals surface area contributed by atoms with Crippen LogP contribution in [0.1, 0.15) is 27.9 Å². The van der Waals surface area contributed by atoms with Crippen LogP contribution in [0.3, 0.4) is 0 Å². The predicted octanol–water partition coefficient (Wildman–Crippen LogP) is 3.93. The molecule has 0 aromatic heterocycles. The summed E-state index contributed by atoms with van der Waals surface area (Å²) in [4.78, 5) is 26.2. The number of amides is 2. The van der Waals surface area contributed by atoms with Crippen LogP contribution in [0.15, 0.2) is 66.7 Å². The second kappa shape index (κ2) is 8.49. The zero-order valence-electron chi connectivity index (χ0n) is 15.7. The van der Waals surface area contributed by atoms with Crippen molar-refractivity contribution in [3.63, 3.8) is 0 Å². The van der Waals surface area contributed by atoms with Gasteiger partial charge in [-0.15, -0.1) is 0 Å². The first-order valence-electron chi connectivity index (χ1n) is 9.09. The first-order valence-corrected chi connectivity index (χ1v) is 9.09. The van der Waals surface area contributed by atoms with Gasteiger partial charge in [0.2, 0.25) is 5.91 Å². The molecule has 3 aromatic rings. The van der Waals surface area contributed by atoms with Crippen molar-refractivity contribution in [2.45, 2.75) is 19.9 Å². The second-order valence-corrected chi connectivity index (χ2v) is 6.81. The molecule has 0 aliphatic rings. The molecule has 4 nitrogen and oxygen atoms in total. The molecule has 138 valence electrons. The van der Waals surface area contributed by atoms with Gasteiger partial charge in [-0.1, -0.05) is 54.1 Å². The van der Waals surface area contributed by atoms with E-state index in [-0.39, 0.29) is 18.2 Å². The molecule has 0 atom stereocenters. The van der Waals surface area contributed by atoms with Gasteiger partial charge in [-0.25, -0.2) is 0 Å². The highest BCUT2D eigenvalue weighted by atomic mass is 16.2. The summed E-state index contributed by atoms with van der Waals surface area (Å²) in [5, 5.41) is 5.17. The van der Waals surface area contributed by atoms with Gasteiger partial charge in [0, 0.05) is 32.1 Å². The lowest BCUT2D eigenvalue weighted by Gasteiger charge is -2.18. The summed E-state index contributed by atoms with van der Waals surface area (Å²) < 4.78 is 0. The first-order chi connectivity index (χ1) is 13.0.